The number of carbonyl (C=O) groups is 1. The predicted octanol–water partition coefficient (Wildman–Crippen LogP) is 2.39. The number of rotatable bonds is 5. The first-order chi connectivity index (χ1) is 12.1. The number of nitrogens with zero attached hydrogens (tertiary/aromatic N) is 3. The van der Waals surface area contributed by atoms with E-state index in [1.165, 1.54) is 0 Å². The van der Waals surface area contributed by atoms with Crippen molar-refractivity contribution in [2.24, 2.45) is 0 Å². The molecule has 0 saturated carbocycles. The van der Waals surface area contributed by atoms with E-state index in [2.05, 4.69) is 25.7 Å². The number of carbonyl (C=O) groups excluding carboxylic acids is 1. The van der Waals surface area contributed by atoms with Crippen LogP contribution in [0.2, 0.25) is 0 Å². The van der Waals surface area contributed by atoms with Gasteiger partial charge in [-0.15, -0.1) is 10.2 Å². The molecule has 132 valence electrons. The summed E-state index contributed by atoms with van der Waals surface area (Å²) in [7, 11) is 0. The van der Waals surface area contributed by atoms with E-state index >= 15 is 0 Å². The number of anilines is 3. The zero-order valence-electron chi connectivity index (χ0n) is 14.5. The third-order valence-electron chi connectivity index (χ3n) is 3.84. The summed E-state index contributed by atoms with van der Waals surface area (Å²) in [6, 6.07) is 11.5. The number of benzene rings is 1. The lowest BCUT2D eigenvalue weighted by Crippen LogP contribution is -2.36. The van der Waals surface area contributed by atoms with E-state index in [0.717, 1.165) is 24.5 Å². The lowest BCUT2D eigenvalue weighted by atomic mass is 10.2. The number of morpholine rings is 1. The number of hydrogen-bond donors (Lipinski definition) is 2. The molecule has 1 aliphatic rings. The highest BCUT2D eigenvalue weighted by Gasteiger charge is 2.17. The quantitative estimate of drug-likeness (QED) is 0.869. The van der Waals surface area contributed by atoms with Gasteiger partial charge in [0.1, 0.15) is 5.82 Å². The summed E-state index contributed by atoms with van der Waals surface area (Å²) in [6.07, 6.45) is 0. The Hall–Kier alpha value is -2.67. The van der Waals surface area contributed by atoms with Crippen LogP contribution in [-0.4, -0.2) is 48.4 Å². The lowest BCUT2D eigenvalue weighted by Gasteiger charge is -2.30. The Kier molecular flexibility index (Phi) is 5.45. The van der Waals surface area contributed by atoms with Gasteiger partial charge in [0.2, 0.25) is 0 Å². The fourth-order valence-electron chi connectivity index (χ4n) is 2.67. The Morgan fingerprint density at radius 1 is 1.12 bits per heavy atom. The van der Waals surface area contributed by atoms with E-state index in [-0.39, 0.29) is 17.6 Å². The van der Waals surface area contributed by atoms with Crippen LogP contribution in [0.1, 0.15) is 24.3 Å². The fourth-order valence-corrected chi connectivity index (χ4v) is 2.67. The van der Waals surface area contributed by atoms with E-state index < -0.39 is 0 Å². The van der Waals surface area contributed by atoms with E-state index in [9.17, 15) is 4.79 Å². The number of ether oxygens (including phenoxy) is 1. The minimum atomic E-state index is -0.274. The highest BCUT2D eigenvalue weighted by Crippen LogP contribution is 2.26. The van der Waals surface area contributed by atoms with Gasteiger partial charge in [-0.1, -0.05) is 12.1 Å². The van der Waals surface area contributed by atoms with Crippen LogP contribution in [0, 0.1) is 0 Å². The summed E-state index contributed by atoms with van der Waals surface area (Å²) < 4.78 is 5.40. The molecule has 1 saturated heterocycles. The van der Waals surface area contributed by atoms with E-state index in [1.807, 2.05) is 38.1 Å². The van der Waals surface area contributed by atoms with E-state index in [1.54, 1.807) is 12.1 Å². The molecule has 0 aliphatic carbocycles. The Labute approximate surface area is 147 Å². The average molecular weight is 341 g/mol. The van der Waals surface area contributed by atoms with Gasteiger partial charge in [0, 0.05) is 19.1 Å². The van der Waals surface area contributed by atoms with Crippen LogP contribution in [0.5, 0.6) is 0 Å². The number of aromatic nitrogens is 2. The van der Waals surface area contributed by atoms with Gasteiger partial charge in [0.15, 0.2) is 5.69 Å². The monoisotopic (exact) mass is 341 g/mol. The van der Waals surface area contributed by atoms with Crippen molar-refractivity contribution in [3.8, 4) is 0 Å². The van der Waals surface area contributed by atoms with Crippen LogP contribution in [0.3, 0.4) is 0 Å². The summed E-state index contributed by atoms with van der Waals surface area (Å²) in [4.78, 5) is 14.7. The fraction of sp³-hybridized carbons (Fsp3) is 0.389. The molecule has 3 rings (SSSR count). The van der Waals surface area contributed by atoms with Gasteiger partial charge in [-0.2, -0.15) is 0 Å². The van der Waals surface area contributed by atoms with Crippen molar-refractivity contribution in [2.75, 3.05) is 41.8 Å². The third-order valence-corrected chi connectivity index (χ3v) is 3.84. The molecule has 1 aromatic carbocycles. The minimum absolute atomic E-state index is 0.259. The standard InChI is InChI=1S/C18H23N5O2/c1-13(2)19-17-8-7-15(21-22-17)18(24)20-14-5-3-4-6-16(14)23-9-11-25-12-10-23/h3-8,13H,9-12H2,1-2H3,(H,19,22)(H,20,24). The van der Waals surface area contributed by atoms with Gasteiger partial charge in [0.25, 0.3) is 5.91 Å². The molecule has 0 bridgehead atoms. The van der Waals surface area contributed by atoms with Gasteiger partial charge in [-0.05, 0) is 38.1 Å². The largest absolute Gasteiger partial charge is 0.378 e. The van der Waals surface area contributed by atoms with Crippen molar-refractivity contribution in [2.45, 2.75) is 19.9 Å². The second kappa shape index (κ2) is 7.94. The molecular weight excluding hydrogens is 318 g/mol. The molecule has 2 N–H and O–H groups in total. The van der Waals surface area contributed by atoms with Gasteiger partial charge in [0.05, 0.1) is 24.6 Å². The highest BCUT2D eigenvalue weighted by molar-refractivity contribution is 6.04. The number of amides is 1. The molecule has 0 spiro atoms. The van der Waals surface area contributed by atoms with Crippen LogP contribution < -0.4 is 15.5 Å². The second-order valence-electron chi connectivity index (χ2n) is 6.17. The van der Waals surface area contributed by atoms with E-state index in [0.29, 0.717) is 19.0 Å². The Morgan fingerprint density at radius 3 is 2.56 bits per heavy atom. The van der Waals surface area contributed by atoms with Gasteiger partial charge >= 0.3 is 0 Å². The molecule has 0 atom stereocenters. The van der Waals surface area contributed by atoms with Crippen molar-refractivity contribution in [1.82, 2.24) is 10.2 Å². The van der Waals surface area contributed by atoms with Crippen molar-refractivity contribution in [1.29, 1.82) is 0 Å². The molecule has 1 aromatic heterocycles. The summed E-state index contributed by atoms with van der Waals surface area (Å²) in [5.41, 5.74) is 2.04. The maximum absolute atomic E-state index is 12.5. The molecule has 2 aromatic rings. The van der Waals surface area contributed by atoms with Gasteiger partial charge < -0.3 is 20.3 Å². The highest BCUT2D eigenvalue weighted by atomic mass is 16.5. The number of para-hydroxylation sites is 2. The van der Waals surface area contributed by atoms with Crippen LogP contribution >= 0.6 is 0 Å². The Balaban J connectivity index is 1.72. The topological polar surface area (TPSA) is 79.4 Å². The first-order valence-corrected chi connectivity index (χ1v) is 8.47. The maximum atomic E-state index is 12.5. The zero-order chi connectivity index (χ0) is 17.6. The van der Waals surface area contributed by atoms with Gasteiger partial charge in [-0.3, -0.25) is 4.79 Å². The molecule has 25 heavy (non-hydrogen) atoms. The van der Waals surface area contributed by atoms with E-state index in [4.69, 9.17) is 4.74 Å². The summed E-state index contributed by atoms with van der Waals surface area (Å²) in [5, 5.41) is 14.1. The zero-order valence-corrected chi connectivity index (χ0v) is 14.5. The molecule has 1 amide bonds. The first kappa shape index (κ1) is 17.2. The Morgan fingerprint density at radius 2 is 1.88 bits per heavy atom. The molecule has 0 unspecified atom stereocenters. The minimum Gasteiger partial charge on any atom is -0.378 e. The van der Waals surface area contributed by atoms with Crippen LogP contribution in [0.4, 0.5) is 17.2 Å². The van der Waals surface area contributed by atoms with Crippen LogP contribution in [0.25, 0.3) is 0 Å². The van der Waals surface area contributed by atoms with Crippen LogP contribution in [-0.2, 0) is 4.74 Å². The molecule has 1 aliphatic heterocycles. The molecule has 1 fully saturated rings. The summed E-state index contributed by atoms with van der Waals surface area (Å²) in [5.74, 6) is 0.379. The molecule has 7 nitrogen and oxygen atoms in total. The number of nitrogens with one attached hydrogen (secondary N) is 2. The second-order valence-corrected chi connectivity index (χ2v) is 6.17. The van der Waals surface area contributed by atoms with Crippen molar-refractivity contribution in [3.63, 3.8) is 0 Å². The molecule has 0 radical (unpaired) electrons. The van der Waals surface area contributed by atoms with Crippen molar-refractivity contribution in [3.05, 3.63) is 42.1 Å². The van der Waals surface area contributed by atoms with Gasteiger partial charge in [-0.25, -0.2) is 0 Å². The normalized spacial score (nSPS) is 14.4. The lowest BCUT2D eigenvalue weighted by molar-refractivity contribution is 0.102. The molecule has 7 heteroatoms. The maximum Gasteiger partial charge on any atom is 0.276 e. The number of hydrogen-bond acceptors (Lipinski definition) is 6. The van der Waals surface area contributed by atoms with Crippen molar-refractivity contribution >= 4 is 23.1 Å². The molecular formula is C18H23N5O2. The van der Waals surface area contributed by atoms with Crippen molar-refractivity contribution < 1.29 is 9.53 Å². The SMILES string of the molecule is CC(C)Nc1ccc(C(=O)Nc2ccccc2N2CCOCC2)nn1. The predicted molar refractivity (Wildman–Crippen MR) is 98.2 cm³/mol. The smallest absolute Gasteiger partial charge is 0.276 e. The average Bonchev–Trinajstić information content (AvgIpc) is 2.63. The van der Waals surface area contributed by atoms with Crippen LogP contribution in [0.15, 0.2) is 36.4 Å². The third kappa shape index (κ3) is 4.45. The Bertz CT molecular complexity index is 712. The summed E-state index contributed by atoms with van der Waals surface area (Å²) >= 11 is 0. The first-order valence-electron chi connectivity index (χ1n) is 8.47. The summed E-state index contributed by atoms with van der Waals surface area (Å²) in [6.45, 7) is 7.04. The molecule has 2 heterocycles.